The lowest BCUT2D eigenvalue weighted by atomic mass is 10.1. The van der Waals surface area contributed by atoms with Crippen LogP contribution in [0.25, 0.3) is 5.69 Å². The Balaban J connectivity index is 1.38. The molecule has 0 aliphatic carbocycles. The normalized spacial score (nSPS) is 14.1. The van der Waals surface area contributed by atoms with E-state index in [9.17, 15) is 4.79 Å². The van der Waals surface area contributed by atoms with Gasteiger partial charge in [0, 0.05) is 44.5 Å². The molecule has 0 atom stereocenters. The molecule has 1 fully saturated rings. The summed E-state index contributed by atoms with van der Waals surface area (Å²) in [6, 6.07) is 13.2. The maximum Gasteiger partial charge on any atom is 0.274 e. The summed E-state index contributed by atoms with van der Waals surface area (Å²) in [6.45, 7) is 3.45. The van der Waals surface area contributed by atoms with Gasteiger partial charge in [0.1, 0.15) is 5.75 Å². The maximum absolute atomic E-state index is 13.0. The summed E-state index contributed by atoms with van der Waals surface area (Å²) in [7, 11) is 6.46. The van der Waals surface area contributed by atoms with E-state index < -0.39 is 0 Å². The molecule has 0 radical (unpaired) electrons. The van der Waals surface area contributed by atoms with Gasteiger partial charge in [-0.3, -0.25) is 9.69 Å². The second-order valence-corrected chi connectivity index (χ2v) is 7.91. The number of benzene rings is 2. The van der Waals surface area contributed by atoms with Gasteiger partial charge in [-0.1, -0.05) is 6.07 Å². The molecule has 34 heavy (non-hydrogen) atoms. The van der Waals surface area contributed by atoms with Crippen molar-refractivity contribution in [2.75, 3.05) is 54.6 Å². The molecule has 9 nitrogen and oxygen atoms in total. The first-order valence-corrected chi connectivity index (χ1v) is 11.1. The van der Waals surface area contributed by atoms with E-state index in [-0.39, 0.29) is 5.91 Å². The van der Waals surface area contributed by atoms with Crippen LogP contribution in [-0.4, -0.2) is 80.1 Å². The van der Waals surface area contributed by atoms with Gasteiger partial charge in [-0.05, 0) is 36.4 Å². The zero-order valence-corrected chi connectivity index (χ0v) is 20.0. The van der Waals surface area contributed by atoms with Crippen LogP contribution in [0.2, 0.25) is 0 Å². The summed E-state index contributed by atoms with van der Waals surface area (Å²) in [5.74, 6) is 2.60. The molecule has 1 aromatic heterocycles. The highest BCUT2D eigenvalue weighted by atomic mass is 16.5. The minimum atomic E-state index is -0.0596. The lowest BCUT2D eigenvalue weighted by Crippen LogP contribution is -2.48. The summed E-state index contributed by atoms with van der Waals surface area (Å²) < 4.78 is 23.4. The minimum Gasteiger partial charge on any atom is -0.497 e. The highest BCUT2D eigenvalue weighted by Gasteiger charge is 2.25. The molecular formula is C25H30N4O5. The van der Waals surface area contributed by atoms with Crippen molar-refractivity contribution in [2.45, 2.75) is 6.54 Å². The van der Waals surface area contributed by atoms with Crippen molar-refractivity contribution in [3.05, 3.63) is 59.9 Å². The number of carbonyl (C=O) groups excluding carboxylic acids is 1. The number of aromatic nitrogens is 2. The summed E-state index contributed by atoms with van der Waals surface area (Å²) in [5.41, 5.74) is 2.32. The largest absolute Gasteiger partial charge is 0.497 e. The number of methoxy groups -OCH3 is 4. The Morgan fingerprint density at radius 1 is 0.824 bits per heavy atom. The third-order valence-electron chi connectivity index (χ3n) is 5.98. The second-order valence-electron chi connectivity index (χ2n) is 7.91. The van der Waals surface area contributed by atoms with Crippen molar-refractivity contribution in [3.8, 4) is 28.7 Å². The number of amides is 1. The van der Waals surface area contributed by atoms with Gasteiger partial charge in [0.2, 0.25) is 5.75 Å². The van der Waals surface area contributed by atoms with E-state index in [1.165, 1.54) is 0 Å². The summed E-state index contributed by atoms with van der Waals surface area (Å²) in [4.78, 5) is 17.2. The molecule has 2 heterocycles. The molecule has 1 aliphatic heterocycles. The van der Waals surface area contributed by atoms with Crippen LogP contribution in [0.3, 0.4) is 0 Å². The Bertz CT molecular complexity index is 1120. The Morgan fingerprint density at radius 2 is 1.53 bits per heavy atom. The van der Waals surface area contributed by atoms with Crippen LogP contribution in [0.4, 0.5) is 0 Å². The van der Waals surface area contributed by atoms with E-state index in [4.69, 9.17) is 18.9 Å². The molecule has 0 unspecified atom stereocenters. The first-order valence-electron chi connectivity index (χ1n) is 11.1. The zero-order chi connectivity index (χ0) is 24.1. The van der Waals surface area contributed by atoms with E-state index in [2.05, 4.69) is 10.00 Å². The van der Waals surface area contributed by atoms with Gasteiger partial charge >= 0.3 is 0 Å². The van der Waals surface area contributed by atoms with Gasteiger partial charge in [0.05, 0.1) is 34.1 Å². The predicted molar refractivity (Wildman–Crippen MR) is 127 cm³/mol. The van der Waals surface area contributed by atoms with Gasteiger partial charge < -0.3 is 23.8 Å². The standard InChI is InChI=1S/C25H30N4O5/c1-31-20-8-6-19(7-9-20)29-12-11-21(26-29)25(30)28-15-13-27(14-16-28)17-18-5-10-22(32-2)24(34-4)23(18)33-3/h5-12H,13-17H2,1-4H3. The van der Waals surface area contributed by atoms with Gasteiger partial charge in [-0.25, -0.2) is 4.68 Å². The van der Waals surface area contributed by atoms with E-state index in [0.717, 1.165) is 30.1 Å². The highest BCUT2D eigenvalue weighted by molar-refractivity contribution is 5.92. The summed E-state index contributed by atoms with van der Waals surface area (Å²) >= 11 is 0. The van der Waals surface area contributed by atoms with Crippen molar-refractivity contribution in [1.29, 1.82) is 0 Å². The Kier molecular flexibility index (Phi) is 7.22. The number of piperazine rings is 1. The van der Waals surface area contributed by atoms with Crippen molar-refractivity contribution in [1.82, 2.24) is 19.6 Å². The predicted octanol–water partition coefficient (Wildman–Crippen LogP) is 2.86. The molecule has 1 amide bonds. The van der Waals surface area contributed by atoms with Crippen molar-refractivity contribution in [3.63, 3.8) is 0 Å². The fraction of sp³-hybridized carbons (Fsp3) is 0.360. The van der Waals surface area contributed by atoms with E-state index >= 15 is 0 Å². The molecule has 0 bridgehead atoms. The average Bonchev–Trinajstić information content (AvgIpc) is 3.38. The van der Waals surface area contributed by atoms with Crippen LogP contribution in [-0.2, 0) is 6.54 Å². The van der Waals surface area contributed by atoms with Crippen molar-refractivity contribution in [2.24, 2.45) is 0 Å². The molecule has 3 aromatic rings. The smallest absolute Gasteiger partial charge is 0.274 e. The fourth-order valence-corrected chi connectivity index (χ4v) is 4.12. The molecule has 180 valence electrons. The topological polar surface area (TPSA) is 78.3 Å². The van der Waals surface area contributed by atoms with Gasteiger partial charge in [-0.15, -0.1) is 0 Å². The van der Waals surface area contributed by atoms with E-state index in [1.54, 1.807) is 45.4 Å². The Labute approximate surface area is 199 Å². The molecule has 9 heteroatoms. The second kappa shape index (κ2) is 10.5. The van der Waals surface area contributed by atoms with Crippen LogP contribution in [0, 0.1) is 0 Å². The number of carbonyl (C=O) groups is 1. The van der Waals surface area contributed by atoms with Gasteiger partial charge in [0.15, 0.2) is 17.2 Å². The molecule has 0 N–H and O–H groups in total. The SMILES string of the molecule is COc1ccc(-n2ccc(C(=O)N3CCN(Cc4ccc(OC)c(OC)c4OC)CC3)n2)cc1. The third kappa shape index (κ3) is 4.79. The Hall–Kier alpha value is -3.72. The zero-order valence-electron chi connectivity index (χ0n) is 20.0. The molecule has 0 spiro atoms. The van der Waals surface area contributed by atoms with Crippen LogP contribution in [0.5, 0.6) is 23.0 Å². The highest BCUT2D eigenvalue weighted by Crippen LogP contribution is 2.40. The van der Waals surface area contributed by atoms with Crippen molar-refractivity contribution >= 4 is 5.91 Å². The van der Waals surface area contributed by atoms with Gasteiger partial charge in [0.25, 0.3) is 5.91 Å². The molecule has 2 aromatic carbocycles. The summed E-state index contributed by atoms with van der Waals surface area (Å²) in [5, 5.41) is 4.48. The van der Waals surface area contributed by atoms with E-state index in [0.29, 0.717) is 42.6 Å². The lowest BCUT2D eigenvalue weighted by molar-refractivity contribution is 0.0621. The molecular weight excluding hydrogens is 436 g/mol. The number of hydrogen-bond donors (Lipinski definition) is 0. The number of rotatable bonds is 8. The quantitative estimate of drug-likeness (QED) is 0.505. The number of hydrogen-bond acceptors (Lipinski definition) is 7. The summed E-state index contributed by atoms with van der Waals surface area (Å²) in [6.07, 6.45) is 1.80. The van der Waals surface area contributed by atoms with Crippen LogP contribution < -0.4 is 18.9 Å². The molecule has 1 saturated heterocycles. The molecule has 0 saturated carbocycles. The number of ether oxygens (including phenoxy) is 4. The van der Waals surface area contributed by atoms with Crippen LogP contribution in [0.15, 0.2) is 48.7 Å². The van der Waals surface area contributed by atoms with Crippen LogP contribution >= 0.6 is 0 Å². The lowest BCUT2D eigenvalue weighted by Gasteiger charge is -2.34. The Morgan fingerprint density at radius 3 is 2.15 bits per heavy atom. The minimum absolute atomic E-state index is 0.0596. The van der Waals surface area contributed by atoms with Crippen LogP contribution in [0.1, 0.15) is 16.1 Å². The fourth-order valence-electron chi connectivity index (χ4n) is 4.12. The third-order valence-corrected chi connectivity index (χ3v) is 5.98. The molecule has 4 rings (SSSR count). The first-order chi connectivity index (χ1) is 16.6. The van der Waals surface area contributed by atoms with E-state index in [1.807, 2.05) is 41.3 Å². The van der Waals surface area contributed by atoms with Crippen molar-refractivity contribution < 1.29 is 23.7 Å². The monoisotopic (exact) mass is 466 g/mol. The molecule has 1 aliphatic rings. The maximum atomic E-state index is 13.0. The average molecular weight is 467 g/mol. The first kappa shape index (κ1) is 23.4. The van der Waals surface area contributed by atoms with Gasteiger partial charge in [-0.2, -0.15) is 5.10 Å². The number of nitrogens with zero attached hydrogens (tertiary/aromatic N) is 4.